The minimum Gasteiger partial charge on any atom is -0.310 e. The predicted molar refractivity (Wildman–Crippen MR) is 68.8 cm³/mol. The number of nitrogens with one attached hydrogen (secondary N) is 1. The number of hydrogen-bond donors (Lipinski definition) is 1. The highest BCUT2D eigenvalue weighted by Gasteiger charge is 2.29. The third-order valence-electron chi connectivity index (χ3n) is 3.23. The molecule has 1 atom stereocenters. The average Bonchev–Trinajstić information content (AvgIpc) is 2.33. The quantitative estimate of drug-likeness (QED) is 0.837. The summed E-state index contributed by atoms with van der Waals surface area (Å²) in [4.78, 5) is 0.514. The van der Waals surface area contributed by atoms with Gasteiger partial charge >= 0.3 is 0 Å². The smallest absolute Gasteiger partial charge is 0.178 e. The van der Waals surface area contributed by atoms with Crippen LogP contribution in [0.15, 0.2) is 29.2 Å². The second-order valence-corrected chi connectivity index (χ2v) is 6.58. The standard InChI is InChI=1S/C13H19NO2S/c1-2-3-9-14-12-8-10-17(15,16)13-7-5-4-6-11(12)13/h4-7,12,14H,2-3,8-10H2,1H3. The molecule has 1 aliphatic heterocycles. The SMILES string of the molecule is CCCCNC1CCS(=O)(=O)c2ccccc21. The van der Waals surface area contributed by atoms with Crippen LogP contribution in [0.1, 0.15) is 37.8 Å². The third kappa shape index (κ3) is 2.69. The van der Waals surface area contributed by atoms with E-state index in [0.717, 1.165) is 24.9 Å². The Labute approximate surface area is 103 Å². The van der Waals surface area contributed by atoms with Crippen molar-refractivity contribution in [1.29, 1.82) is 0 Å². The molecule has 1 aromatic rings. The lowest BCUT2D eigenvalue weighted by Gasteiger charge is -2.26. The number of unbranched alkanes of at least 4 members (excludes halogenated alkanes) is 1. The molecule has 0 fully saturated rings. The summed E-state index contributed by atoms with van der Waals surface area (Å²) in [7, 11) is -3.05. The van der Waals surface area contributed by atoms with Crippen molar-refractivity contribution in [1.82, 2.24) is 5.32 Å². The van der Waals surface area contributed by atoms with Crippen LogP contribution in [-0.2, 0) is 9.84 Å². The molecule has 0 radical (unpaired) electrons. The van der Waals surface area contributed by atoms with Crippen LogP contribution in [0.4, 0.5) is 0 Å². The Balaban J connectivity index is 2.23. The molecule has 2 rings (SSSR count). The lowest BCUT2D eigenvalue weighted by molar-refractivity contribution is 0.485. The zero-order chi connectivity index (χ0) is 12.3. The van der Waals surface area contributed by atoms with Crippen molar-refractivity contribution in [3.05, 3.63) is 29.8 Å². The first-order valence-corrected chi connectivity index (χ1v) is 7.85. The van der Waals surface area contributed by atoms with Crippen molar-refractivity contribution in [2.45, 2.75) is 37.1 Å². The molecule has 0 spiro atoms. The Hall–Kier alpha value is -0.870. The molecule has 1 unspecified atom stereocenters. The Bertz CT molecular complexity index is 482. The van der Waals surface area contributed by atoms with Gasteiger partial charge in [0.1, 0.15) is 0 Å². The van der Waals surface area contributed by atoms with Gasteiger partial charge in [0.05, 0.1) is 10.6 Å². The maximum atomic E-state index is 11.9. The fourth-order valence-corrected chi connectivity index (χ4v) is 3.88. The molecular weight excluding hydrogens is 234 g/mol. The second kappa shape index (κ2) is 5.19. The fourth-order valence-electron chi connectivity index (χ4n) is 2.26. The van der Waals surface area contributed by atoms with Crippen LogP contribution in [0.3, 0.4) is 0 Å². The van der Waals surface area contributed by atoms with Crippen LogP contribution in [0.5, 0.6) is 0 Å². The van der Waals surface area contributed by atoms with Crippen LogP contribution >= 0.6 is 0 Å². The van der Waals surface area contributed by atoms with E-state index in [4.69, 9.17) is 0 Å². The van der Waals surface area contributed by atoms with E-state index < -0.39 is 9.84 Å². The van der Waals surface area contributed by atoms with Gasteiger partial charge in [-0.15, -0.1) is 0 Å². The number of rotatable bonds is 4. The van der Waals surface area contributed by atoms with E-state index in [1.54, 1.807) is 12.1 Å². The summed E-state index contributed by atoms with van der Waals surface area (Å²) in [5.41, 5.74) is 0.940. The lowest BCUT2D eigenvalue weighted by Crippen LogP contribution is -2.30. The number of benzene rings is 1. The Kier molecular flexibility index (Phi) is 3.84. The molecule has 94 valence electrons. The van der Waals surface area contributed by atoms with E-state index in [-0.39, 0.29) is 11.8 Å². The van der Waals surface area contributed by atoms with E-state index in [2.05, 4.69) is 12.2 Å². The number of sulfone groups is 1. The van der Waals surface area contributed by atoms with Crippen molar-refractivity contribution in [2.24, 2.45) is 0 Å². The minimum absolute atomic E-state index is 0.196. The molecule has 3 nitrogen and oxygen atoms in total. The van der Waals surface area contributed by atoms with E-state index in [9.17, 15) is 8.42 Å². The third-order valence-corrected chi connectivity index (χ3v) is 5.04. The first-order valence-electron chi connectivity index (χ1n) is 6.20. The number of fused-ring (bicyclic) bond motifs is 1. The summed E-state index contributed by atoms with van der Waals surface area (Å²) in [6.45, 7) is 3.11. The maximum absolute atomic E-state index is 11.9. The molecule has 1 aliphatic rings. The Morgan fingerprint density at radius 1 is 1.35 bits per heavy atom. The Morgan fingerprint density at radius 3 is 2.88 bits per heavy atom. The fraction of sp³-hybridized carbons (Fsp3) is 0.538. The van der Waals surface area contributed by atoms with Gasteiger partial charge in [0.15, 0.2) is 9.84 Å². The normalized spacial score (nSPS) is 22.1. The van der Waals surface area contributed by atoms with E-state index in [0.29, 0.717) is 11.3 Å². The minimum atomic E-state index is -3.05. The first kappa shape index (κ1) is 12.6. The van der Waals surface area contributed by atoms with Crippen molar-refractivity contribution in [3.63, 3.8) is 0 Å². The summed E-state index contributed by atoms with van der Waals surface area (Å²) in [5.74, 6) is 0.258. The van der Waals surface area contributed by atoms with Gasteiger partial charge in [0, 0.05) is 6.04 Å². The molecule has 0 aliphatic carbocycles. The van der Waals surface area contributed by atoms with E-state index in [1.165, 1.54) is 0 Å². The average molecular weight is 253 g/mol. The second-order valence-electron chi connectivity index (χ2n) is 4.51. The summed E-state index contributed by atoms with van der Waals surface area (Å²) < 4.78 is 23.8. The zero-order valence-corrected chi connectivity index (χ0v) is 11.0. The van der Waals surface area contributed by atoms with Crippen LogP contribution in [0.2, 0.25) is 0 Å². The zero-order valence-electron chi connectivity index (χ0n) is 10.1. The largest absolute Gasteiger partial charge is 0.310 e. The molecule has 0 aromatic heterocycles. The van der Waals surface area contributed by atoms with E-state index >= 15 is 0 Å². The molecule has 0 saturated carbocycles. The first-order chi connectivity index (χ1) is 8.15. The van der Waals surface area contributed by atoms with Gasteiger partial charge in [0.25, 0.3) is 0 Å². The molecule has 17 heavy (non-hydrogen) atoms. The molecule has 1 N–H and O–H groups in total. The molecule has 1 heterocycles. The summed E-state index contributed by atoms with van der Waals surface area (Å²) in [5, 5.41) is 3.45. The van der Waals surface area contributed by atoms with Crippen molar-refractivity contribution < 1.29 is 8.42 Å². The summed E-state index contributed by atoms with van der Waals surface area (Å²) in [6.07, 6.45) is 2.97. The molecule has 4 heteroatoms. The van der Waals surface area contributed by atoms with Crippen molar-refractivity contribution >= 4 is 9.84 Å². The van der Waals surface area contributed by atoms with E-state index in [1.807, 2.05) is 12.1 Å². The van der Waals surface area contributed by atoms with Crippen LogP contribution < -0.4 is 5.32 Å². The van der Waals surface area contributed by atoms with Crippen LogP contribution in [0, 0.1) is 0 Å². The molecular formula is C13H19NO2S. The Morgan fingerprint density at radius 2 is 2.12 bits per heavy atom. The van der Waals surface area contributed by atoms with Crippen LogP contribution in [-0.4, -0.2) is 20.7 Å². The summed E-state index contributed by atoms with van der Waals surface area (Å²) >= 11 is 0. The monoisotopic (exact) mass is 253 g/mol. The number of hydrogen-bond acceptors (Lipinski definition) is 3. The van der Waals surface area contributed by atoms with Gasteiger partial charge in [-0.25, -0.2) is 8.42 Å². The van der Waals surface area contributed by atoms with Gasteiger partial charge in [-0.1, -0.05) is 31.5 Å². The highest BCUT2D eigenvalue weighted by molar-refractivity contribution is 7.91. The summed E-state index contributed by atoms with van der Waals surface area (Å²) in [6, 6.07) is 7.55. The molecule has 1 aromatic carbocycles. The maximum Gasteiger partial charge on any atom is 0.178 e. The van der Waals surface area contributed by atoms with Crippen molar-refractivity contribution in [3.8, 4) is 0 Å². The molecule has 0 saturated heterocycles. The van der Waals surface area contributed by atoms with Gasteiger partial charge in [-0.3, -0.25) is 0 Å². The molecule has 0 bridgehead atoms. The van der Waals surface area contributed by atoms with Gasteiger partial charge in [0.2, 0.25) is 0 Å². The predicted octanol–water partition coefficient (Wildman–Crippen LogP) is 2.29. The highest BCUT2D eigenvalue weighted by Crippen LogP contribution is 2.31. The lowest BCUT2D eigenvalue weighted by atomic mass is 10.0. The van der Waals surface area contributed by atoms with Crippen LogP contribution in [0.25, 0.3) is 0 Å². The molecule has 0 amide bonds. The van der Waals surface area contributed by atoms with Gasteiger partial charge in [-0.05, 0) is 31.0 Å². The van der Waals surface area contributed by atoms with Gasteiger partial charge in [-0.2, -0.15) is 0 Å². The van der Waals surface area contributed by atoms with Gasteiger partial charge < -0.3 is 5.32 Å². The van der Waals surface area contributed by atoms with Crippen molar-refractivity contribution in [2.75, 3.05) is 12.3 Å². The topological polar surface area (TPSA) is 46.2 Å². The highest BCUT2D eigenvalue weighted by atomic mass is 32.2.